The number of hydrogen-bond donors (Lipinski definition) is 2. The number of hydrogen-bond acceptors (Lipinski definition) is 6. The Morgan fingerprint density at radius 2 is 1.82 bits per heavy atom. The summed E-state index contributed by atoms with van der Waals surface area (Å²) >= 11 is 1.31. The van der Waals surface area contributed by atoms with Gasteiger partial charge in [-0.1, -0.05) is 73.0 Å². The molecule has 0 radical (unpaired) electrons. The van der Waals surface area contributed by atoms with Crippen molar-refractivity contribution in [1.29, 1.82) is 0 Å². The number of amides is 2. The maximum absolute atomic E-state index is 12.8. The van der Waals surface area contributed by atoms with Gasteiger partial charge in [0, 0.05) is 6.54 Å². The second kappa shape index (κ2) is 11.1. The molecule has 4 rings (SSSR count). The van der Waals surface area contributed by atoms with E-state index in [2.05, 4.69) is 26.2 Å². The van der Waals surface area contributed by atoms with Crippen molar-refractivity contribution in [2.45, 2.75) is 56.8 Å². The number of rotatable bonds is 8. The minimum atomic E-state index is -0.236. The third-order valence-electron chi connectivity index (χ3n) is 5.73. The predicted octanol–water partition coefficient (Wildman–Crippen LogP) is 4.15. The van der Waals surface area contributed by atoms with Gasteiger partial charge in [-0.3, -0.25) is 9.59 Å². The lowest BCUT2D eigenvalue weighted by atomic mass is 9.96. The lowest BCUT2D eigenvalue weighted by Gasteiger charge is -2.21. The quantitative estimate of drug-likeness (QED) is 0.486. The Morgan fingerprint density at radius 1 is 1.06 bits per heavy atom. The maximum atomic E-state index is 12.8. The zero-order valence-corrected chi connectivity index (χ0v) is 19.5. The number of aryl methyl sites for hydroxylation is 1. The maximum Gasteiger partial charge on any atom is 0.253 e. The number of benzene rings is 2. The lowest BCUT2D eigenvalue weighted by molar-refractivity contribution is -0.113. The molecular formula is C24H28N6O2S. The molecule has 0 aliphatic heterocycles. The van der Waals surface area contributed by atoms with Crippen LogP contribution in [0.25, 0.3) is 0 Å². The van der Waals surface area contributed by atoms with Crippen LogP contribution in [-0.2, 0) is 11.3 Å². The fraction of sp³-hybridized carbons (Fsp3) is 0.375. The summed E-state index contributed by atoms with van der Waals surface area (Å²) in [5.74, 6) is -0.288. The number of nitrogens with zero attached hydrogens (tertiary/aromatic N) is 4. The lowest BCUT2D eigenvalue weighted by Crippen LogP contribution is -2.25. The molecular weight excluding hydrogens is 436 g/mol. The number of nitrogens with one attached hydrogen (secondary N) is 2. The molecule has 2 amide bonds. The van der Waals surface area contributed by atoms with Crippen LogP contribution in [0, 0.1) is 6.92 Å². The fourth-order valence-electron chi connectivity index (χ4n) is 3.93. The van der Waals surface area contributed by atoms with E-state index >= 15 is 0 Å². The Hall–Kier alpha value is -3.20. The van der Waals surface area contributed by atoms with E-state index in [1.54, 1.807) is 24.3 Å². The zero-order valence-electron chi connectivity index (χ0n) is 18.7. The third-order valence-corrected chi connectivity index (χ3v) is 6.67. The van der Waals surface area contributed by atoms with Crippen molar-refractivity contribution < 1.29 is 9.59 Å². The molecule has 9 heteroatoms. The predicted molar refractivity (Wildman–Crippen MR) is 128 cm³/mol. The van der Waals surface area contributed by atoms with E-state index in [-0.39, 0.29) is 17.6 Å². The van der Waals surface area contributed by atoms with Gasteiger partial charge in [0.05, 0.1) is 23.0 Å². The second-order valence-corrected chi connectivity index (χ2v) is 9.19. The Bertz CT molecular complexity index is 1090. The molecule has 1 aromatic heterocycles. The minimum absolute atomic E-state index is 0.159. The first-order valence-electron chi connectivity index (χ1n) is 11.2. The van der Waals surface area contributed by atoms with E-state index in [0.29, 0.717) is 29.0 Å². The second-order valence-electron chi connectivity index (χ2n) is 8.25. The van der Waals surface area contributed by atoms with Crippen LogP contribution in [0.15, 0.2) is 53.7 Å². The minimum Gasteiger partial charge on any atom is -0.348 e. The van der Waals surface area contributed by atoms with E-state index < -0.39 is 0 Å². The van der Waals surface area contributed by atoms with E-state index in [1.165, 1.54) is 36.6 Å². The van der Waals surface area contributed by atoms with Crippen molar-refractivity contribution in [3.05, 3.63) is 65.2 Å². The molecule has 8 nitrogen and oxygen atoms in total. The summed E-state index contributed by atoms with van der Waals surface area (Å²) in [7, 11) is 0. The highest BCUT2D eigenvalue weighted by Gasteiger charge is 2.21. The molecule has 0 atom stereocenters. The van der Waals surface area contributed by atoms with Crippen molar-refractivity contribution in [1.82, 2.24) is 25.5 Å². The Morgan fingerprint density at radius 3 is 2.61 bits per heavy atom. The highest BCUT2D eigenvalue weighted by molar-refractivity contribution is 7.99. The van der Waals surface area contributed by atoms with E-state index in [1.807, 2.05) is 35.9 Å². The van der Waals surface area contributed by atoms with E-state index in [0.717, 1.165) is 18.4 Å². The van der Waals surface area contributed by atoms with Crippen LogP contribution in [0.2, 0.25) is 0 Å². The zero-order chi connectivity index (χ0) is 23.0. The molecule has 1 saturated carbocycles. The number of anilines is 1. The van der Waals surface area contributed by atoms with Gasteiger partial charge in [-0.25, -0.2) is 4.68 Å². The van der Waals surface area contributed by atoms with Gasteiger partial charge in [-0.15, -0.1) is 5.10 Å². The number of aromatic nitrogens is 4. The molecule has 0 unspecified atom stereocenters. The van der Waals surface area contributed by atoms with Crippen molar-refractivity contribution >= 4 is 29.3 Å². The number of thioether (sulfide) groups is 1. The van der Waals surface area contributed by atoms with Crippen molar-refractivity contribution in [3.8, 4) is 0 Å². The molecule has 33 heavy (non-hydrogen) atoms. The largest absolute Gasteiger partial charge is 0.348 e. The topological polar surface area (TPSA) is 102 Å². The Balaban J connectivity index is 1.34. The molecule has 2 N–H and O–H groups in total. The van der Waals surface area contributed by atoms with Gasteiger partial charge in [0.15, 0.2) is 0 Å². The smallest absolute Gasteiger partial charge is 0.253 e. The molecule has 0 saturated heterocycles. The van der Waals surface area contributed by atoms with Crippen LogP contribution in [-0.4, -0.2) is 37.8 Å². The van der Waals surface area contributed by atoms with Crippen LogP contribution in [0.4, 0.5) is 5.69 Å². The van der Waals surface area contributed by atoms with Crippen LogP contribution in [0.5, 0.6) is 0 Å². The van der Waals surface area contributed by atoms with Gasteiger partial charge in [0.2, 0.25) is 11.1 Å². The first-order valence-corrected chi connectivity index (χ1v) is 12.2. The highest BCUT2D eigenvalue weighted by Crippen LogP contribution is 2.30. The SMILES string of the molecule is Cc1ccc(CNC(=O)c2ccccc2NC(=O)CSc2nnnn2C2CCCCC2)cc1. The van der Waals surface area contributed by atoms with Crippen molar-refractivity contribution in [2.24, 2.45) is 0 Å². The average molecular weight is 465 g/mol. The Labute approximate surface area is 197 Å². The molecule has 0 spiro atoms. The van der Waals surface area contributed by atoms with Crippen LogP contribution < -0.4 is 10.6 Å². The van der Waals surface area contributed by atoms with Crippen molar-refractivity contribution in [3.63, 3.8) is 0 Å². The molecule has 1 heterocycles. The van der Waals surface area contributed by atoms with Crippen molar-refractivity contribution in [2.75, 3.05) is 11.1 Å². The normalized spacial score (nSPS) is 14.1. The number of tetrazole rings is 1. The molecule has 172 valence electrons. The molecule has 3 aromatic rings. The summed E-state index contributed by atoms with van der Waals surface area (Å²) in [4.78, 5) is 25.4. The summed E-state index contributed by atoms with van der Waals surface area (Å²) in [5, 5.41) is 18.5. The van der Waals surface area contributed by atoms with Crippen LogP contribution >= 0.6 is 11.8 Å². The van der Waals surface area contributed by atoms with E-state index in [9.17, 15) is 9.59 Å². The van der Waals surface area contributed by atoms with Gasteiger partial charge in [-0.2, -0.15) is 0 Å². The third kappa shape index (κ3) is 6.19. The molecule has 2 aromatic carbocycles. The number of carbonyl (C=O) groups is 2. The van der Waals surface area contributed by atoms with Gasteiger partial charge in [0.1, 0.15) is 0 Å². The van der Waals surface area contributed by atoms with Gasteiger partial charge in [0.25, 0.3) is 5.91 Å². The first-order chi connectivity index (χ1) is 16.1. The molecule has 1 fully saturated rings. The molecule has 1 aliphatic rings. The standard InChI is InChI=1S/C24H28N6O2S/c1-17-11-13-18(14-12-17)15-25-23(32)20-9-5-6-10-21(20)26-22(31)16-33-24-27-28-29-30(24)19-7-3-2-4-8-19/h5-6,9-14,19H,2-4,7-8,15-16H2,1H3,(H,25,32)(H,26,31). The van der Waals surface area contributed by atoms with Gasteiger partial charge < -0.3 is 10.6 Å². The van der Waals surface area contributed by atoms with Gasteiger partial charge >= 0.3 is 0 Å². The molecule has 0 bridgehead atoms. The highest BCUT2D eigenvalue weighted by atomic mass is 32.2. The summed E-state index contributed by atoms with van der Waals surface area (Å²) in [5.41, 5.74) is 3.10. The molecule has 1 aliphatic carbocycles. The fourth-order valence-corrected chi connectivity index (χ4v) is 4.67. The van der Waals surface area contributed by atoms with Gasteiger partial charge in [-0.05, 0) is 47.9 Å². The summed E-state index contributed by atoms with van der Waals surface area (Å²) in [6, 6.07) is 15.3. The van der Waals surface area contributed by atoms with E-state index in [4.69, 9.17) is 0 Å². The number of carbonyl (C=O) groups excluding carboxylic acids is 2. The number of para-hydroxylation sites is 1. The summed E-state index contributed by atoms with van der Waals surface area (Å²) < 4.78 is 1.85. The van der Waals surface area contributed by atoms with Crippen LogP contribution in [0.3, 0.4) is 0 Å². The monoisotopic (exact) mass is 464 g/mol. The first kappa shape index (κ1) is 23.0. The Kier molecular flexibility index (Phi) is 7.72. The van der Waals surface area contributed by atoms with Crippen LogP contribution in [0.1, 0.15) is 59.6 Å². The summed E-state index contributed by atoms with van der Waals surface area (Å²) in [6.45, 7) is 2.44. The average Bonchev–Trinajstić information content (AvgIpc) is 3.32. The summed E-state index contributed by atoms with van der Waals surface area (Å²) in [6.07, 6.45) is 5.74.